The van der Waals surface area contributed by atoms with Crippen LogP contribution in [0.25, 0.3) is 0 Å². The molecule has 0 heterocycles. The van der Waals surface area contributed by atoms with Gasteiger partial charge in [-0.15, -0.1) is 24.0 Å². The van der Waals surface area contributed by atoms with E-state index in [4.69, 9.17) is 9.73 Å². The third-order valence-electron chi connectivity index (χ3n) is 5.17. The predicted molar refractivity (Wildman–Crippen MR) is 125 cm³/mol. The molecule has 28 heavy (non-hydrogen) atoms. The predicted octanol–water partition coefficient (Wildman–Crippen LogP) is 3.32. The fourth-order valence-corrected chi connectivity index (χ4v) is 3.37. The molecule has 158 valence electrons. The van der Waals surface area contributed by atoms with E-state index in [1.165, 1.54) is 19.3 Å². The molecular weight excluding hydrogens is 467 g/mol. The Balaban J connectivity index is 0.00000392. The third kappa shape index (κ3) is 7.58. The molecule has 1 amide bonds. The van der Waals surface area contributed by atoms with Crippen molar-refractivity contribution in [1.82, 2.24) is 16.0 Å². The molecule has 1 fully saturated rings. The van der Waals surface area contributed by atoms with E-state index in [-0.39, 0.29) is 29.9 Å². The van der Waals surface area contributed by atoms with Crippen molar-refractivity contribution in [2.24, 2.45) is 10.4 Å². The van der Waals surface area contributed by atoms with Gasteiger partial charge in [0, 0.05) is 38.9 Å². The van der Waals surface area contributed by atoms with E-state index in [1.54, 1.807) is 7.11 Å². The maximum atomic E-state index is 12.0. The number of guanidine groups is 1. The van der Waals surface area contributed by atoms with Gasteiger partial charge in [-0.2, -0.15) is 0 Å². The zero-order valence-corrected chi connectivity index (χ0v) is 19.7. The van der Waals surface area contributed by atoms with Gasteiger partial charge >= 0.3 is 0 Å². The summed E-state index contributed by atoms with van der Waals surface area (Å²) in [6.07, 6.45) is 4.88. The molecule has 3 N–H and O–H groups in total. The molecule has 0 radical (unpaired) electrons. The number of aliphatic imine (C=N–C) groups is 1. The summed E-state index contributed by atoms with van der Waals surface area (Å²) in [5, 5.41) is 9.65. The van der Waals surface area contributed by atoms with Crippen molar-refractivity contribution in [3.8, 4) is 0 Å². The van der Waals surface area contributed by atoms with E-state index >= 15 is 0 Å². The summed E-state index contributed by atoms with van der Waals surface area (Å²) in [4.78, 5) is 16.7. The number of methoxy groups -OCH3 is 1. The molecule has 0 aromatic heterocycles. The van der Waals surface area contributed by atoms with Crippen molar-refractivity contribution >= 4 is 35.8 Å². The third-order valence-corrected chi connectivity index (χ3v) is 5.17. The molecule has 1 aromatic carbocycles. The highest BCUT2D eigenvalue weighted by Gasteiger charge is 2.36. The highest BCUT2D eigenvalue weighted by Crippen LogP contribution is 2.43. The van der Waals surface area contributed by atoms with E-state index < -0.39 is 0 Å². The first-order valence-corrected chi connectivity index (χ1v) is 10.0. The van der Waals surface area contributed by atoms with Gasteiger partial charge < -0.3 is 20.7 Å². The maximum absolute atomic E-state index is 12.0. The van der Waals surface area contributed by atoms with Crippen molar-refractivity contribution in [2.45, 2.75) is 46.1 Å². The minimum absolute atomic E-state index is 0. The summed E-state index contributed by atoms with van der Waals surface area (Å²) in [5.41, 5.74) is 2.04. The Labute approximate surface area is 186 Å². The number of amides is 1. The van der Waals surface area contributed by atoms with Crippen LogP contribution in [0.15, 0.2) is 29.3 Å². The molecule has 1 saturated carbocycles. The van der Waals surface area contributed by atoms with Crippen LogP contribution in [0.2, 0.25) is 0 Å². The van der Waals surface area contributed by atoms with Gasteiger partial charge in [-0.25, -0.2) is 4.99 Å². The normalized spacial score (nSPS) is 15.2. The van der Waals surface area contributed by atoms with Crippen molar-refractivity contribution in [1.29, 1.82) is 0 Å². The number of hydrogen-bond acceptors (Lipinski definition) is 3. The zero-order valence-electron chi connectivity index (χ0n) is 17.3. The molecule has 0 aliphatic heterocycles. The fraction of sp³-hybridized carbons (Fsp3) is 0.619. The van der Waals surface area contributed by atoms with E-state index in [9.17, 15) is 4.79 Å². The van der Waals surface area contributed by atoms with Gasteiger partial charge in [0.15, 0.2) is 5.96 Å². The van der Waals surface area contributed by atoms with Crippen LogP contribution in [0, 0.1) is 5.41 Å². The fourth-order valence-electron chi connectivity index (χ4n) is 3.37. The Morgan fingerprint density at radius 3 is 2.54 bits per heavy atom. The topological polar surface area (TPSA) is 74.8 Å². The minimum Gasteiger partial charge on any atom is -0.385 e. The molecule has 7 heteroatoms. The second-order valence-corrected chi connectivity index (χ2v) is 7.20. The van der Waals surface area contributed by atoms with Gasteiger partial charge in [0.25, 0.3) is 5.91 Å². The first-order chi connectivity index (χ1) is 13.1. The van der Waals surface area contributed by atoms with Crippen LogP contribution in [-0.2, 0) is 11.3 Å². The molecule has 0 unspecified atom stereocenters. The van der Waals surface area contributed by atoms with Crippen LogP contribution in [0.3, 0.4) is 0 Å². The van der Waals surface area contributed by atoms with Gasteiger partial charge in [0.2, 0.25) is 0 Å². The molecule has 1 aliphatic rings. The number of hydrogen-bond donors (Lipinski definition) is 3. The van der Waals surface area contributed by atoms with Gasteiger partial charge in [0.05, 0.1) is 6.54 Å². The second kappa shape index (κ2) is 13.0. The van der Waals surface area contributed by atoms with Gasteiger partial charge in [-0.3, -0.25) is 4.79 Å². The number of benzene rings is 1. The van der Waals surface area contributed by atoms with Crippen LogP contribution >= 0.6 is 24.0 Å². The summed E-state index contributed by atoms with van der Waals surface area (Å²) in [5.74, 6) is 0.781. The number of halogens is 1. The quantitative estimate of drug-likeness (QED) is 0.261. The lowest BCUT2D eigenvalue weighted by Gasteiger charge is -2.42. The van der Waals surface area contributed by atoms with E-state index in [0.717, 1.165) is 37.6 Å². The lowest BCUT2D eigenvalue weighted by atomic mass is 9.67. The van der Waals surface area contributed by atoms with Crippen LogP contribution in [-0.4, -0.2) is 45.2 Å². The lowest BCUT2D eigenvalue weighted by Crippen LogP contribution is -2.46. The summed E-state index contributed by atoms with van der Waals surface area (Å²) in [6.45, 7) is 7.69. The van der Waals surface area contributed by atoms with Crippen molar-refractivity contribution < 1.29 is 9.53 Å². The SMILES string of the molecule is CCNC(=O)c1cccc(CN=C(NCC)NCC2(CCOC)CCC2)c1.I. The Kier molecular flexibility index (Phi) is 11.4. The number of ether oxygens (including phenoxy) is 1. The average Bonchev–Trinajstić information content (AvgIpc) is 2.65. The Morgan fingerprint density at radius 2 is 1.93 bits per heavy atom. The Morgan fingerprint density at radius 1 is 1.18 bits per heavy atom. The largest absolute Gasteiger partial charge is 0.385 e. The number of rotatable bonds is 10. The summed E-state index contributed by atoms with van der Waals surface area (Å²) < 4.78 is 5.27. The molecule has 0 spiro atoms. The van der Waals surface area contributed by atoms with Gasteiger partial charge in [0.1, 0.15) is 0 Å². The maximum Gasteiger partial charge on any atom is 0.251 e. The van der Waals surface area contributed by atoms with E-state index in [0.29, 0.717) is 24.1 Å². The molecule has 1 aliphatic carbocycles. The highest BCUT2D eigenvalue weighted by atomic mass is 127. The van der Waals surface area contributed by atoms with E-state index in [2.05, 4.69) is 22.9 Å². The molecular formula is C21H35IN4O2. The summed E-state index contributed by atoms with van der Waals surface area (Å²) in [7, 11) is 1.76. The number of nitrogens with one attached hydrogen (secondary N) is 3. The molecule has 0 atom stereocenters. The lowest BCUT2D eigenvalue weighted by molar-refractivity contribution is 0.0732. The first kappa shape index (κ1) is 24.7. The monoisotopic (exact) mass is 502 g/mol. The smallest absolute Gasteiger partial charge is 0.251 e. The standard InChI is InChI=1S/C21H34N4O2.HI/c1-4-22-19(26)18-9-6-8-17(14-18)15-24-20(23-5-2)25-16-21(10-7-11-21)12-13-27-3;/h6,8-9,14H,4-5,7,10-13,15-16H2,1-3H3,(H,22,26)(H2,23,24,25);1H. The Bertz CT molecular complexity index is 633. The molecule has 0 bridgehead atoms. The van der Waals surface area contributed by atoms with Gasteiger partial charge in [-0.05, 0) is 56.2 Å². The molecule has 2 rings (SSSR count). The molecule has 6 nitrogen and oxygen atoms in total. The zero-order chi connectivity index (χ0) is 19.5. The van der Waals surface area contributed by atoms with Crippen molar-refractivity contribution in [3.63, 3.8) is 0 Å². The second-order valence-electron chi connectivity index (χ2n) is 7.20. The van der Waals surface area contributed by atoms with Crippen LogP contribution in [0.5, 0.6) is 0 Å². The van der Waals surface area contributed by atoms with E-state index in [1.807, 2.05) is 31.2 Å². The number of nitrogens with zero attached hydrogens (tertiary/aromatic N) is 1. The Hall–Kier alpha value is -1.35. The van der Waals surface area contributed by atoms with Crippen molar-refractivity contribution in [3.05, 3.63) is 35.4 Å². The van der Waals surface area contributed by atoms with Crippen LogP contribution in [0.1, 0.15) is 55.5 Å². The summed E-state index contributed by atoms with van der Waals surface area (Å²) >= 11 is 0. The summed E-state index contributed by atoms with van der Waals surface area (Å²) in [6, 6.07) is 7.65. The average molecular weight is 502 g/mol. The number of carbonyl (C=O) groups excluding carboxylic acids is 1. The van der Waals surface area contributed by atoms with Gasteiger partial charge in [-0.1, -0.05) is 18.6 Å². The molecule has 1 aromatic rings. The van der Waals surface area contributed by atoms with Crippen molar-refractivity contribution in [2.75, 3.05) is 33.4 Å². The van der Waals surface area contributed by atoms with Crippen LogP contribution < -0.4 is 16.0 Å². The first-order valence-electron chi connectivity index (χ1n) is 10.0. The highest BCUT2D eigenvalue weighted by molar-refractivity contribution is 14.0. The minimum atomic E-state index is -0.0431. The van der Waals surface area contributed by atoms with Crippen LogP contribution in [0.4, 0.5) is 0 Å². The number of carbonyl (C=O) groups is 1. The molecule has 0 saturated heterocycles.